The van der Waals surface area contributed by atoms with Crippen LogP contribution >= 0.6 is 11.6 Å². The number of rotatable bonds is 9. The van der Waals surface area contributed by atoms with Crippen LogP contribution in [0.1, 0.15) is 32.8 Å². The summed E-state index contributed by atoms with van der Waals surface area (Å²) in [4.78, 5) is 13.9. The second-order valence-corrected chi connectivity index (χ2v) is 5.35. The van der Waals surface area contributed by atoms with E-state index < -0.39 is 0 Å². The Hall–Kier alpha value is -1.26. The van der Waals surface area contributed by atoms with Crippen molar-refractivity contribution in [2.24, 2.45) is 0 Å². The molecule has 0 saturated heterocycles. The normalized spacial score (nSPS) is 10.5. The maximum atomic E-state index is 11.8. The van der Waals surface area contributed by atoms with Crippen LogP contribution < -0.4 is 15.5 Å². The SMILES string of the molecule is CCCNCc1ccc(Cl)cc1N(CC)CC(=O)NCC. The number of nitrogens with zero attached hydrogens (tertiary/aromatic N) is 1. The first-order valence-electron chi connectivity index (χ1n) is 7.63. The van der Waals surface area contributed by atoms with Gasteiger partial charge in [0.1, 0.15) is 0 Å². The topological polar surface area (TPSA) is 44.4 Å². The Balaban J connectivity index is 2.89. The molecule has 0 aliphatic heterocycles. The Morgan fingerprint density at radius 3 is 2.67 bits per heavy atom. The summed E-state index contributed by atoms with van der Waals surface area (Å²) >= 11 is 6.13. The van der Waals surface area contributed by atoms with Crippen molar-refractivity contribution in [3.05, 3.63) is 28.8 Å². The number of benzene rings is 1. The van der Waals surface area contributed by atoms with E-state index in [1.807, 2.05) is 32.0 Å². The van der Waals surface area contributed by atoms with Gasteiger partial charge in [0, 0.05) is 30.3 Å². The van der Waals surface area contributed by atoms with Crippen molar-refractivity contribution in [2.75, 3.05) is 31.1 Å². The lowest BCUT2D eigenvalue weighted by molar-refractivity contribution is -0.119. The lowest BCUT2D eigenvalue weighted by atomic mass is 10.1. The highest BCUT2D eigenvalue weighted by Crippen LogP contribution is 2.25. The first-order valence-corrected chi connectivity index (χ1v) is 8.00. The van der Waals surface area contributed by atoms with Gasteiger partial charge in [0.05, 0.1) is 6.54 Å². The molecule has 0 saturated carbocycles. The number of hydrogen-bond donors (Lipinski definition) is 2. The molecule has 0 bridgehead atoms. The summed E-state index contributed by atoms with van der Waals surface area (Å²) in [6, 6.07) is 5.86. The predicted octanol–water partition coefficient (Wildman–Crippen LogP) is 2.80. The fraction of sp³-hybridized carbons (Fsp3) is 0.562. The monoisotopic (exact) mass is 311 g/mol. The van der Waals surface area contributed by atoms with E-state index in [0.29, 0.717) is 18.1 Å². The van der Waals surface area contributed by atoms with Crippen LogP contribution in [0.4, 0.5) is 5.69 Å². The van der Waals surface area contributed by atoms with Crippen molar-refractivity contribution >= 4 is 23.2 Å². The van der Waals surface area contributed by atoms with Crippen molar-refractivity contribution in [2.45, 2.75) is 33.7 Å². The molecule has 4 nitrogen and oxygen atoms in total. The summed E-state index contributed by atoms with van der Waals surface area (Å²) in [5.74, 6) is 0.0341. The van der Waals surface area contributed by atoms with Gasteiger partial charge >= 0.3 is 0 Å². The number of anilines is 1. The average Bonchev–Trinajstić information content (AvgIpc) is 2.47. The van der Waals surface area contributed by atoms with E-state index in [1.54, 1.807) is 0 Å². The molecule has 0 atom stereocenters. The molecule has 0 unspecified atom stereocenters. The van der Waals surface area contributed by atoms with Gasteiger partial charge in [-0.25, -0.2) is 0 Å². The summed E-state index contributed by atoms with van der Waals surface area (Å²) in [5, 5.41) is 6.93. The predicted molar refractivity (Wildman–Crippen MR) is 90.0 cm³/mol. The van der Waals surface area contributed by atoms with Crippen LogP contribution in [0.25, 0.3) is 0 Å². The van der Waals surface area contributed by atoms with Crippen LogP contribution in [0, 0.1) is 0 Å². The number of halogens is 1. The third kappa shape index (κ3) is 5.94. The first kappa shape index (κ1) is 17.8. The Labute approximate surface area is 132 Å². The van der Waals surface area contributed by atoms with Crippen LogP contribution in [0.5, 0.6) is 0 Å². The Morgan fingerprint density at radius 2 is 2.05 bits per heavy atom. The lowest BCUT2D eigenvalue weighted by Gasteiger charge is -2.25. The van der Waals surface area contributed by atoms with Gasteiger partial charge in [0.2, 0.25) is 5.91 Å². The molecule has 0 heterocycles. The van der Waals surface area contributed by atoms with E-state index in [9.17, 15) is 4.79 Å². The van der Waals surface area contributed by atoms with Gasteiger partial charge in [-0.1, -0.05) is 24.6 Å². The highest BCUT2D eigenvalue weighted by Gasteiger charge is 2.13. The van der Waals surface area contributed by atoms with Crippen LogP contribution in [0.2, 0.25) is 5.02 Å². The maximum absolute atomic E-state index is 11.8. The molecule has 2 N–H and O–H groups in total. The zero-order valence-corrected chi connectivity index (χ0v) is 14.0. The summed E-state index contributed by atoms with van der Waals surface area (Å²) in [6.07, 6.45) is 1.10. The smallest absolute Gasteiger partial charge is 0.239 e. The summed E-state index contributed by atoms with van der Waals surface area (Å²) in [7, 11) is 0. The molecule has 21 heavy (non-hydrogen) atoms. The lowest BCUT2D eigenvalue weighted by Crippen LogP contribution is -2.37. The molecule has 118 valence electrons. The summed E-state index contributed by atoms with van der Waals surface area (Å²) in [5.41, 5.74) is 2.19. The third-order valence-corrected chi connectivity index (χ3v) is 3.46. The van der Waals surface area contributed by atoms with Gasteiger partial charge in [-0.15, -0.1) is 0 Å². The molecule has 0 fully saturated rings. The van der Waals surface area contributed by atoms with Gasteiger partial charge in [0.25, 0.3) is 0 Å². The van der Waals surface area contributed by atoms with E-state index in [-0.39, 0.29) is 5.91 Å². The second-order valence-electron chi connectivity index (χ2n) is 4.92. The Kier molecular flexibility index (Phi) is 8.16. The largest absolute Gasteiger partial charge is 0.362 e. The van der Waals surface area contributed by atoms with E-state index in [0.717, 1.165) is 31.7 Å². The number of carbonyl (C=O) groups excluding carboxylic acids is 1. The van der Waals surface area contributed by atoms with Crippen molar-refractivity contribution in [1.82, 2.24) is 10.6 Å². The van der Waals surface area contributed by atoms with Gasteiger partial charge in [-0.2, -0.15) is 0 Å². The minimum absolute atomic E-state index is 0.0341. The van der Waals surface area contributed by atoms with Gasteiger partial charge in [-0.05, 0) is 44.5 Å². The molecule has 0 aromatic heterocycles. The molecule has 1 amide bonds. The van der Waals surface area contributed by atoms with Crippen LogP contribution in [0.15, 0.2) is 18.2 Å². The average molecular weight is 312 g/mol. The number of amides is 1. The van der Waals surface area contributed by atoms with Gasteiger partial charge in [0.15, 0.2) is 0 Å². The Bertz CT molecular complexity index is 451. The van der Waals surface area contributed by atoms with E-state index in [4.69, 9.17) is 11.6 Å². The number of likely N-dealkylation sites (N-methyl/N-ethyl adjacent to an activating group) is 2. The number of hydrogen-bond acceptors (Lipinski definition) is 3. The molecule has 1 aromatic carbocycles. The Morgan fingerprint density at radius 1 is 1.29 bits per heavy atom. The molecular weight excluding hydrogens is 286 g/mol. The highest BCUT2D eigenvalue weighted by molar-refractivity contribution is 6.30. The van der Waals surface area contributed by atoms with Crippen molar-refractivity contribution in [1.29, 1.82) is 0 Å². The zero-order valence-electron chi connectivity index (χ0n) is 13.2. The zero-order chi connectivity index (χ0) is 15.7. The standard InChI is InChI=1S/C16H26ClN3O/c1-4-9-18-11-13-7-8-14(17)10-15(13)20(6-3)12-16(21)19-5-2/h7-8,10,18H,4-6,9,11-12H2,1-3H3,(H,19,21). The summed E-state index contributed by atoms with van der Waals surface area (Å²) in [6.45, 7) is 9.64. The van der Waals surface area contributed by atoms with Crippen molar-refractivity contribution in [3.63, 3.8) is 0 Å². The molecule has 1 aromatic rings. The number of nitrogens with one attached hydrogen (secondary N) is 2. The molecule has 0 aliphatic rings. The fourth-order valence-electron chi connectivity index (χ4n) is 2.17. The van der Waals surface area contributed by atoms with Gasteiger partial charge in [-0.3, -0.25) is 4.79 Å². The minimum atomic E-state index is 0.0341. The van der Waals surface area contributed by atoms with E-state index >= 15 is 0 Å². The number of carbonyl (C=O) groups is 1. The van der Waals surface area contributed by atoms with Crippen LogP contribution in [-0.2, 0) is 11.3 Å². The van der Waals surface area contributed by atoms with Crippen molar-refractivity contribution in [3.8, 4) is 0 Å². The molecule has 0 spiro atoms. The molecule has 5 heteroatoms. The van der Waals surface area contributed by atoms with E-state index in [2.05, 4.69) is 22.5 Å². The quantitative estimate of drug-likeness (QED) is 0.689. The van der Waals surface area contributed by atoms with E-state index in [1.165, 1.54) is 5.56 Å². The van der Waals surface area contributed by atoms with Crippen LogP contribution in [0.3, 0.4) is 0 Å². The molecule has 0 radical (unpaired) electrons. The molecular formula is C16H26ClN3O. The third-order valence-electron chi connectivity index (χ3n) is 3.22. The first-order chi connectivity index (χ1) is 10.1. The highest BCUT2D eigenvalue weighted by atomic mass is 35.5. The van der Waals surface area contributed by atoms with Crippen LogP contribution in [-0.4, -0.2) is 32.1 Å². The minimum Gasteiger partial charge on any atom is -0.362 e. The van der Waals surface area contributed by atoms with Crippen molar-refractivity contribution < 1.29 is 4.79 Å². The fourth-order valence-corrected chi connectivity index (χ4v) is 2.34. The maximum Gasteiger partial charge on any atom is 0.239 e. The second kappa shape index (κ2) is 9.64. The summed E-state index contributed by atoms with van der Waals surface area (Å²) < 4.78 is 0. The molecule has 1 rings (SSSR count). The molecule has 0 aliphatic carbocycles. The van der Waals surface area contributed by atoms with Gasteiger partial charge < -0.3 is 15.5 Å².